The van der Waals surface area contributed by atoms with Gasteiger partial charge in [-0.2, -0.15) is 0 Å². The van der Waals surface area contributed by atoms with Gasteiger partial charge in [-0.15, -0.1) is 0 Å². The van der Waals surface area contributed by atoms with E-state index in [4.69, 9.17) is 19.9 Å². The zero-order valence-corrected chi connectivity index (χ0v) is 14.3. The van der Waals surface area contributed by atoms with Crippen LogP contribution in [0.25, 0.3) is 0 Å². The maximum Gasteiger partial charge on any atom is 0.325 e. The van der Waals surface area contributed by atoms with Gasteiger partial charge in [0.05, 0.1) is 46.8 Å². The number of hydrogen-bond donors (Lipinski definition) is 2. The number of nitrogens with two attached hydrogens (primary N) is 1. The molecule has 0 spiro atoms. The minimum atomic E-state index is -0.482. The van der Waals surface area contributed by atoms with Gasteiger partial charge in [0.1, 0.15) is 6.54 Å². The summed E-state index contributed by atoms with van der Waals surface area (Å²) < 4.78 is 24.2. The van der Waals surface area contributed by atoms with Crippen LogP contribution in [-0.2, 0) is 33.3 Å². The lowest BCUT2D eigenvalue weighted by molar-refractivity contribution is -0.141. The van der Waals surface area contributed by atoms with Gasteiger partial charge in [-0.05, 0) is 0 Å². The smallest absolute Gasteiger partial charge is 0.325 e. The van der Waals surface area contributed by atoms with Crippen LogP contribution in [0.4, 0.5) is 0 Å². The van der Waals surface area contributed by atoms with Crippen LogP contribution in [0.1, 0.15) is 6.42 Å². The maximum atomic E-state index is 11.2. The zero-order chi connectivity index (χ0) is 17.8. The van der Waals surface area contributed by atoms with E-state index < -0.39 is 5.97 Å². The van der Waals surface area contributed by atoms with Crippen molar-refractivity contribution in [1.29, 1.82) is 0 Å². The van der Waals surface area contributed by atoms with Crippen LogP contribution in [0.2, 0.25) is 0 Å². The highest BCUT2D eigenvalue weighted by atomic mass is 16.5. The molecule has 0 aliphatic carbocycles. The lowest BCUT2D eigenvalue weighted by atomic mass is 10.4. The lowest BCUT2D eigenvalue weighted by Crippen LogP contribution is -2.30. The average Bonchev–Trinajstić information content (AvgIpc) is 2.55. The number of carbonyl (C=O) groups is 2. The largest absolute Gasteiger partial charge is 0.468 e. The molecule has 0 aromatic heterocycles. The molecule has 0 aliphatic rings. The average molecular weight is 338 g/mol. The number of rotatable bonds is 13. The third-order valence-electron chi connectivity index (χ3n) is 2.14. The Morgan fingerprint density at radius 2 is 1.35 bits per heavy atom. The van der Waals surface area contributed by atoms with Gasteiger partial charge in [0.2, 0.25) is 5.91 Å². The van der Waals surface area contributed by atoms with E-state index in [9.17, 15) is 9.59 Å². The van der Waals surface area contributed by atoms with E-state index in [0.717, 1.165) is 0 Å². The summed E-state index contributed by atoms with van der Waals surface area (Å²) in [5.74, 6) is -0.740. The molecule has 0 fully saturated rings. The Hall–Kier alpha value is -1.26. The maximum absolute atomic E-state index is 11.2. The molecule has 0 rings (SSSR count). The molecule has 0 aromatic carbocycles. The molecule has 0 saturated heterocycles. The summed E-state index contributed by atoms with van der Waals surface area (Å²) >= 11 is 0. The lowest BCUT2D eigenvalue weighted by Gasteiger charge is -2.06. The molecule has 1 amide bonds. The van der Waals surface area contributed by atoms with Gasteiger partial charge in [-0.25, -0.2) is 0 Å². The summed E-state index contributed by atoms with van der Waals surface area (Å²) in [6.45, 7) is 3.02. The van der Waals surface area contributed by atoms with Gasteiger partial charge in [0.25, 0.3) is 0 Å². The molecule has 138 valence electrons. The van der Waals surface area contributed by atoms with Crippen LogP contribution < -0.4 is 11.1 Å². The number of amides is 1. The number of methoxy groups -OCH3 is 2. The van der Waals surface area contributed by atoms with Crippen molar-refractivity contribution in [2.45, 2.75) is 6.42 Å². The minimum Gasteiger partial charge on any atom is -0.468 e. The summed E-state index contributed by atoms with van der Waals surface area (Å²) in [6.07, 6.45) is 0.191. The Kier molecular flexibility index (Phi) is 21.6. The minimum absolute atomic E-state index is 0.124. The number of hydrogen-bond acceptors (Lipinski definition) is 8. The van der Waals surface area contributed by atoms with Crippen LogP contribution in [0.3, 0.4) is 0 Å². The second-order valence-corrected chi connectivity index (χ2v) is 4.14. The van der Waals surface area contributed by atoms with Crippen molar-refractivity contribution < 1.29 is 33.3 Å². The van der Waals surface area contributed by atoms with Crippen LogP contribution in [0, 0.1) is 0 Å². The molecule has 0 aliphatic heterocycles. The summed E-state index contributed by atoms with van der Waals surface area (Å²) in [5, 5.41) is 2.41. The van der Waals surface area contributed by atoms with E-state index in [1.807, 2.05) is 0 Å². The highest BCUT2D eigenvalue weighted by molar-refractivity contribution is 5.81. The van der Waals surface area contributed by atoms with E-state index in [-0.39, 0.29) is 25.5 Å². The third kappa shape index (κ3) is 23.1. The van der Waals surface area contributed by atoms with Crippen molar-refractivity contribution in [1.82, 2.24) is 5.32 Å². The molecule has 9 heteroatoms. The highest BCUT2D eigenvalue weighted by Gasteiger charge is 2.04. The van der Waals surface area contributed by atoms with E-state index in [1.54, 1.807) is 14.2 Å². The van der Waals surface area contributed by atoms with Crippen LogP contribution >= 0.6 is 0 Å². The second-order valence-electron chi connectivity index (χ2n) is 4.14. The predicted molar refractivity (Wildman–Crippen MR) is 84.1 cm³/mol. The monoisotopic (exact) mass is 338 g/mol. The van der Waals surface area contributed by atoms with E-state index >= 15 is 0 Å². The second kappa shape index (κ2) is 20.7. The van der Waals surface area contributed by atoms with Crippen LogP contribution in [0.5, 0.6) is 0 Å². The number of nitrogens with one attached hydrogen (secondary N) is 1. The molecular formula is C14H30N2O7. The first kappa shape index (κ1) is 24.0. The standard InChI is InChI=1S/C12H24N2O6.C2H6O/c1-17-12(16)10-14-11(15)2-4-18-6-8-20-9-7-19-5-3-13;1-3-2/h2-10,13H2,1H3,(H,14,15);1-2H3. The molecule has 9 nitrogen and oxygen atoms in total. The molecule has 0 unspecified atom stereocenters. The first-order valence-corrected chi connectivity index (χ1v) is 7.29. The van der Waals surface area contributed by atoms with Crippen molar-refractivity contribution in [2.75, 3.05) is 74.1 Å². The third-order valence-corrected chi connectivity index (χ3v) is 2.14. The molecule has 23 heavy (non-hydrogen) atoms. The van der Waals surface area contributed by atoms with E-state index in [0.29, 0.717) is 39.6 Å². The van der Waals surface area contributed by atoms with E-state index in [2.05, 4.69) is 14.8 Å². The fourth-order valence-corrected chi connectivity index (χ4v) is 1.12. The normalized spacial score (nSPS) is 9.74. The predicted octanol–water partition coefficient (Wildman–Crippen LogP) is -1.06. The van der Waals surface area contributed by atoms with Crippen molar-refractivity contribution in [2.24, 2.45) is 5.73 Å². The summed E-state index contributed by atoms with van der Waals surface area (Å²) in [4.78, 5) is 22.0. The number of ether oxygens (including phenoxy) is 5. The summed E-state index contributed by atoms with van der Waals surface area (Å²) in [5.41, 5.74) is 5.25. The summed E-state index contributed by atoms with van der Waals surface area (Å²) in [6, 6.07) is 0. The van der Waals surface area contributed by atoms with Crippen molar-refractivity contribution in [3.63, 3.8) is 0 Å². The van der Waals surface area contributed by atoms with Gasteiger partial charge >= 0.3 is 5.97 Å². The molecule has 0 heterocycles. The Balaban J connectivity index is 0. The molecule has 3 N–H and O–H groups in total. The first-order valence-electron chi connectivity index (χ1n) is 7.29. The first-order chi connectivity index (χ1) is 11.1. The van der Waals surface area contributed by atoms with Gasteiger partial charge in [0, 0.05) is 27.2 Å². The van der Waals surface area contributed by atoms with Crippen molar-refractivity contribution in [3.05, 3.63) is 0 Å². The zero-order valence-electron chi connectivity index (χ0n) is 14.3. The fourth-order valence-electron chi connectivity index (χ4n) is 1.12. The molecule has 0 bridgehead atoms. The van der Waals surface area contributed by atoms with E-state index in [1.165, 1.54) is 7.11 Å². The van der Waals surface area contributed by atoms with Gasteiger partial charge in [0.15, 0.2) is 0 Å². The number of esters is 1. The number of carbonyl (C=O) groups excluding carboxylic acids is 2. The fraction of sp³-hybridized carbons (Fsp3) is 0.857. The van der Waals surface area contributed by atoms with Gasteiger partial charge in [-0.1, -0.05) is 0 Å². The summed E-state index contributed by atoms with van der Waals surface area (Å²) in [7, 11) is 4.51. The van der Waals surface area contributed by atoms with Crippen LogP contribution in [0.15, 0.2) is 0 Å². The SMILES string of the molecule is COC.COC(=O)CNC(=O)CCOCCOCCOCCN. The molecule has 0 radical (unpaired) electrons. The Labute approximate surface area is 137 Å². The Morgan fingerprint density at radius 1 is 0.870 bits per heavy atom. The van der Waals surface area contributed by atoms with Crippen LogP contribution in [-0.4, -0.2) is 85.9 Å². The molecule has 0 atom stereocenters. The Bertz CT molecular complexity index is 278. The van der Waals surface area contributed by atoms with Gasteiger partial charge in [-0.3, -0.25) is 9.59 Å². The van der Waals surface area contributed by atoms with Crippen molar-refractivity contribution in [3.8, 4) is 0 Å². The highest BCUT2D eigenvalue weighted by Crippen LogP contribution is 1.85. The molecule has 0 aromatic rings. The molecule has 0 saturated carbocycles. The topological polar surface area (TPSA) is 118 Å². The Morgan fingerprint density at radius 3 is 1.83 bits per heavy atom. The quantitative estimate of drug-likeness (QED) is 0.322. The van der Waals surface area contributed by atoms with Gasteiger partial charge < -0.3 is 34.7 Å². The molecular weight excluding hydrogens is 308 g/mol. The van der Waals surface area contributed by atoms with Crippen molar-refractivity contribution >= 4 is 11.9 Å².